The number of fused-ring (bicyclic) bond motifs is 1. The average Bonchev–Trinajstić information content (AvgIpc) is 3.29. The number of guanidine groups is 1. The number of carbonyl (C=O) groups excluding carboxylic acids is 2. The van der Waals surface area contributed by atoms with Gasteiger partial charge in [0.25, 0.3) is 5.91 Å². The lowest BCUT2D eigenvalue weighted by Crippen LogP contribution is -2.45. The summed E-state index contributed by atoms with van der Waals surface area (Å²) in [7, 11) is 0. The van der Waals surface area contributed by atoms with Crippen molar-refractivity contribution in [1.29, 1.82) is 0 Å². The van der Waals surface area contributed by atoms with Crippen LogP contribution in [0.25, 0.3) is 22.4 Å². The molecule has 0 saturated carbocycles. The van der Waals surface area contributed by atoms with E-state index in [0.29, 0.717) is 28.9 Å². The Morgan fingerprint density at radius 1 is 1.09 bits per heavy atom. The standard InChI is InChI=1S/C30H32F3N5O6/c1-17-7-5-9-19(13-17)24-22(18-8-6-10-21(14-18)43-30(31,32)33)15-23-25(39)35-16-20(38(23)24)11-12-34-26(36-27(40)41)37-28(42)44-29(2,3)4/h5-10,13-15,20H,11-12,16H2,1-4H3,(H,35,39)(H,40,41)(H2,34,36,37,42)/t20-/m0/s1. The van der Waals surface area contributed by atoms with Crippen molar-refractivity contribution in [3.8, 4) is 28.1 Å². The summed E-state index contributed by atoms with van der Waals surface area (Å²) in [6.45, 7) is 7.19. The maximum Gasteiger partial charge on any atom is 0.573 e. The molecule has 3 aromatic rings. The van der Waals surface area contributed by atoms with Gasteiger partial charge in [-0.05, 0) is 69.5 Å². The van der Waals surface area contributed by atoms with Crippen molar-refractivity contribution in [3.05, 3.63) is 65.9 Å². The lowest BCUT2D eigenvalue weighted by molar-refractivity contribution is -0.274. The number of aromatic nitrogens is 1. The van der Waals surface area contributed by atoms with Crippen LogP contribution in [0, 0.1) is 6.92 Å². The summed E-state index contributed by atoms with van der Waals surface area (Å²) in [5.41, 5.74) is 2.67. The molecule has 4 N–H and O–H groups in total. The normalized spacial score (nSPS) is 15.2. The van der Waals surface area contributed by atoms with Crippen LogP contribution in [0.1, 0.15) is 49.3 Å². The molecule has 234 valence electrons. The third-order valence-corrected chi connectivity index (χ3v) is 6.40. The van der Waals surface area contributed by atoms with Crippen LogP contribution in [0.2, 0.25) is 0 Å². The number of halogens is 3. The van der Waals surface area contributed by atoms with Gasteiger partial charge in [-0.15, -0.1) is 18.2 Å². The fourth-order valence-corrected chi connectivity index (χ4v) is 4.84. The van der Waals surface area contributed by atoms with E-state index in [-0.39, 0.29) is 31.0 Å². The molecule has 11 nitrogen and oxygen atoms in total. The number of alkyl carbamates (subject to hydrolysis) is 1. The maximum absolute atomic E-state index is 13.1. The predicted octanol–water partition coefficient (Wildman–Crippen LogP) is 5.85. The molecule has 2 aromatic carbocycles. The highest BCUT2D eigenvalue weighted by molar-refractivity contribution is 5.99. The van der Waals surface area contributed by atoms with Gasteiger partial charge in [-0.1, -0.05) is 35.9 Å². The first-order valence-corrected chi connectivity index (χ1v) is 13.6. The summed E-state index contributed by atoms with van der Waals surface area (Å²) >= 11 is 0. The molecule has 0 spiro atoms. The topological polar surface area (TPSA) is 143 Å². The molecule has 1 atom stereocenters. The van der Waals surface area contributed by atoms with Gasteiger partial charge in [0.05, 0.1) is 11.7 Å². The van der Waals surface area contributed by atoms with Crippen LogP contribution >= 0.6 is 0 Å². The highest BCUT2D eigenvalue weighted by Gasteiger charge is 2.33. The van der Waals surface area contributed by atoms with Crippen LogP contribution < -0.4 is 20.7 Å². The van der Waals surface area contributed by atoms with Crippen molar-refractivity contribution in [1.82, 2.24) is 20.5 Å². The Labute approximate surface area is 251 Å². The molecular weight excluding hydrogens is 583 g/mol. The first-order valence-electron chi connectivity index (χ1n) is 13.6. The van der Waals surface area contributed by atoms with Crippen LogP contribution in [0.3, 0.4) is 0 Å². The second-order valence-electron chi connectivity index (χ2n) is 11.1. The van der Waals surface area contributed by atoms with Crippen molar-refractivity contribution in [3.63, 3.8) is 0 Å². The minimum absolute atomic E-state index is 0.123. The molecule has 0 saturated heterocycles. The zero-order valence-electron chi connectivity index (χ0n) is 24.4. The molecule has 0 bridgehead atoms. The van der Waals surface area contributed by atoms with Crippen LogP contribution in [-0.4, -0.2) is 58.8 Å². The van der Waals surface area contributed by atoms with Crippen LogP contribution in [0.4, 0.5) is 22.8 Å². The molecule has 2 heterocycles. The Kier molecular flexibility index (Phi) is 9.21. The highest BCUT2D eigenvalue weighted by atomic mass is 19.4. The number of ether oxygens (including phenoxy) is 2. The van der Waals surface area contributed by atoms with Crippen LogP contribution in [0.15, 0.2) is 59.6 Å². The SMILES string of the molecule is Cc1cccc(-c2c(-c3cccc(OC(F)(F)F)c3)cc3n2[C@@H](CCN/C(=N/C(=O)O)NC(=O)OC(C)(C)C)CNC3=O)c1. The number of alkyl halides is 3. The molecule has 1 aliphatic rings. The van der Waals surface area contributed by atoms with Gasteiger partial charge in [-0.2, -0.15) is 0 Å². The summed E-state index contributed by atoms with van der Waals surface area (Å²) in [5.74, 6) is -1.10. The summed E-state index contributed by atoms with van der Waals surface area (Å²) in [6, 6.07) is 14.3. The third kappa shape index (κ3) is 8.30. The number of aliphatic imine (C=N–C) groups is 1. The van der Waals surface area contributed by atoms with E-state index in [1.165, 1.54) is 18.2 Å². The largest absolute Gasteiger partial charge is 0.573 e. The monoisotopic (exact) mass is 615 g/mol. The molecule has 0 fully saturated rings. The number of benzene rings is 2. The van der Waals surface area contributed by atoms with Crippen LogP contribution in [0.5, 0.6) is 5.75 Å². The summed E-state index contributed by atoms with van der Waals surface area (Å²) < 4.78 is 50.1. The summed E-state index contributed by atoms with van der Waals surface area (Å²) in [6.07, 6.45) is -6.99. The molecule has 0 unspecified atom stereocenters. The van der Waals surface area contributed by atoms with Gasteiger partial charge in [0.2, 0.25) is 5.96 Å². The van der Waals surface area contributed by atoms with Crippen molar-refractivity contribution in [2.45, 2.75) is 52.1 Å². The van der Waals surface area contributed by atoms with Gasteiger partial charge in [-0.3, -0.25) is 10.1 Å². The molecule has 4 rings (SSSR count). The summed E-state index contributed by atoms with van der Waals surface area (Å²) in [4.78, 5) is 39.9. The minimum atomic E-state index is -4.88. The van der Waals surface area contributed by atoms with Gasteiger partial charge in [0, 0.05) is 18.7 Å². The summed E-state index contributed by atoms with van der Waals surface area (Å²) in [5, 5.41) is 17.1. The lowest BCUT2D eigenvalue weighted by atomic mass is 9.99. The van der Waals surface area contributed by atoms with E-state index in [9.17, 15) is 32.7 Å². The second kappa shape index (κ2) is 12.7. The number of hydrogen-bond acceptors (Lipinski definition) is 5. The quantitative estimate of drug-likeness (QED) is 0.201. The van der Waals surface area contributed by atoms with Gasteiger partial charge in [0.1, 0.15) is 17.0 Å². The van der Waals surface area contributed by atoms with Gasteiger partial charge >= 0.3 is 18.5 Å². The van der Waals surface area contributed by atoms with Gasteiger partial charge in [-0.25, -0.2) is 9.59 Å². The molecule has 0 radical (unpaired) electrons. The number of rotatable bonds is 6. The smallest absolute Gasteiger partial charge is 0.463 e. The minimum Gasteiger partial charge on any atom is -0.463 e. The van der Waals surface area contributed by atoms with E-state index in [4.69, 9.17) is 4.74 Å². The second-order valence-corrected chi connectivity index (χ2v) is 11.1. The van der Waals surface area contributed by atoms with Crippen molar-refractivity contribution < 1.29 is 42.1 Å². The van der Waals surface area contributed by atoms with E-state index in [1.54, 1.807) is 32.9 Å². The number of hydrogen-bond donors (Lipinski definition) is 4. The Morgan fingerprint density at radius 3 is 2.45 bits per heavy atom. The molecule has 0 aliphatic carbocycles. The number of nitrogens with one attached hydrogen (secondary N) is 3. The highest BCUT2D eigenvalue weighted by Crippen LogP contribution is 2.40. The number of carboxylic acid groups (broad SMARTS) is 1. The first-order chi connectivity index (χ1) is 20.6. The molecule has 1 aliphatic heterocycles. The average molecular weight is 616 g/mol. The first kappa shape index (κ1) is 31.9. The van der Waals surface area contributed by atoms with Crippen molar-refractivity contribution in [2.24, 2.45) is 4.99 Å². The van der Waals surface area contributed by atoms with E-state index in [0.717, 1.165) is 11.1 Å². The molecule has 44 heavy (non-hydrogen) atoms. The van der Waals surface area contributed by atoms with E-state index in [2.05, 4.69) is 25.7 Å². The van der Waals surface area contributed by atoms with E-state index >= 15 is 0 Å². The number of carbonyl (C=O) groups is 3. The maximum atomic E-state index is 13.1. The van der Waals surface area contributed by atoms with Gasteiger partial charge in [0.15, 0.2) is 0 Å². The Hall–Kier alpha value is -5.01. The Bertz CT molecular complexity index is 1590. The Balaban J connectivity index is 1.69. The zero-order valence-corrected chi connectivity index (χ0v) is 24.4. The van der Waals surface area contributed by atoms with E-state index < -0.39 is 29.9 Å². The molecule has 1 aromatic heterocycles. The number of amides is 3. The third-order valence-electron chi connectivity index (χ3n) is 6.40. The van der Waals surface area contributed by atoms with Crippen molar-refractivity contribution >= 4 is 24.1 Å². The Morgan fingerprint density at radius 2 is 1.80 bits per heavy atom. The lowest BCUT2D eigenvalue weighted by Gasteiger charge is -2.29. The fraction of sp³-hybridized carbons (Fsp3) is 0.333. The van der Waals surface area contributed by atoms with Crippen LogP contribution in [-0.2, 0) is 4.74 Å². The predicted molar refractivity (Wildman–Crippen MR) is 156 cm³/mol. The number of nitrogens with zero attached hydrogens (tertiary/aromatic N) is 2. The number of aryl methyl sites for hydroxylation is 1. The zero-order chi connectivity index (χ0) is 32.2. The molecule has 3 amide bonds. The fourth-order valence-electron chi connectivity index (χ4n) is 4.84. The molecule has 14 heteroatoms. The van der Waals surface area contributed by atoms with E-state index in [1.807, 2.05) is 35.8 Å². The molecular formula is C30H32F3N5O6. The van der Waals surface area contributed by atoms with Gasteiger partial charge < -0.3 is 29.8 Å². The van der Waals surface area contributed by atoms with Crippen molar-refractivity contribution in [2.75, 3.05) is 13.1 Å².